The van der Waals surface area contributed by atoms with Crippen LogP contribution >= 0.6 is 0 Å². The van der Waals surface area contributed by atoms with E-state index in [2.05, 4.69) is 26.1 Å². The summed E-state index contributed by atoms with van der Waals surface area (Å²) in [5, 5.41) is 19.7. The minimum atomic E-state index is -3.50. The summed E-state index contributed by atoms with van der Waals surface area (Å²) in [4.78, 5) is 13.6. The molecule has 0 atom stereocenters. The summed E-state index contributed by atoms with van der Waals surface area (Å²) in [5.74, 6) is -0.105. The first kappa shape index (κ1) is 17.6. The van der Waals surface area contributed by atoms with Crippen LogP contribution in [0.4, 0.5) is 0 Å². The van der Waals surface area contributed by atoms with Gasteiger partial charge in [-0.2, -0.15) is 10.4 Å². The summed E-state index contributed by atoms with van der Waals surface area (Å²) in [6.45, 7) is 1.43. The maximum atomic E-state index is 11.1. The molecule has 3 N–H and O–H groups in total. The average Bonchev–Trinajstić information content (AvgIpc) is 3.24. The first-order valence-electron chi connectivity index (χ1n) is 8.34. The van der Waals surface area contributed by atoms with E-state index < -0.39 is 15.6 Å². The van der Waals surface area contributed by atoms with Crippen molar-refractivity contribution in [2.75, 3.05) is 25.4 Å². The zero-order valence-corrected chi connectivity index (χ0v) is 15.2. The smallest absolute Gasteiger partial charge is 0.210 e. The molecule has 0 radical (unpaired) electrons. The number of fused-ring (bicyclic) bond motifs is 1. The van der Waals surface area contributed by atoms with Crippen molar-refractivity contribution >= 4 is 21.1 Å². The van der Waals surface area contributed by atoms with Gasteiger partial charge in [0, 0.05) is 43.0 Å². The van der Waals surface area contributed by atoms with E-state index in [0.717, 1.165) is 22.3 Å². The van der Waals surface area contributed by atoms with Crippen LogP contribution in [-0.2, 0) is 15.6 Å². The van der Waals surface area contributed by atoms with Gasteiger partial charge in [-0.15, -0.1) is 0 Å². The fraction of sp³-hybridized carbons (Fsp3) is 0.375. The van der Waals surface area contributed by atoms with E-state index in [9.17, 15) is 13.7 Å². The standard InChI is InChI=1S/C16H18N8O2S/c17-3-2-16(9-23(10-16)5-6-27(18,25)26)24-8-12(7-22-24)14-13-1-4-19-15(13)21-11-20-14/h1,4,7-8,11H,2,5-6,9-10H2,(H2,18,25,26)(H,19,20,21). The number of H-pyrrole nitrogens is 1. The Morgan fingerprint density at radius 3 is 2.93 bits per heavy atom. The van der Waals surface area contributed by atoms with E-state index in [1.54, 1.807) is 17.1 Å². The number of sulfonamides is 1. The number of hydrogen-bond donors (Lipinski definition) is 2. The van der Waals surface area contributed by atoms with Crippen LogP contribution in [0.25, 0.3) is 22.3 Å². The Kier molecular flexibility index (Phi) is 4.18. The van der Waals surface area contributed by atoms with Crippen LogP contribution < -0.4 is 5.14 Å². The molecule has 1 aliphatic heterocycles. The minimum absolute atomic E-state index is 0.105. The van der Waals surface area contributed by atoms with Gasteiger partial charge in [0.25, 0.3) is 0 Å². The predicted molar refractivity (Wildman–Crippen MR) is 97.7 cm³/mol. The number of primary sulfonamides is 1. The van der Waals surface area contributed by atoms with Gasteiger partial charge >= 0.3 is 0 Å². The van der Waals surface area contributed by atoms with Crippen molar-refractivity contribution in [2.24, 2.45) is 5.14 Å². The second-order valence-electron chi connectivity index (χ2n) is 6.77. The molecule has 0 bridgehead atoms. The molecule has 0 spiro atoms. The van der Waals surface area contributed by atoms with Crippen LogP contribution in [0, 0.1) is 11.3 Å². The summed E-state index contributed by atoms with van der Waals surface area (Å²) in [7, 11) is -3.50. The molecule has 4 rings (SSSR count). The van der Waals surface area contributed by atoms with Crippen LogP contribution in [0.2, 0.25) is 0 Å². The number of nitriles is 1. The zero-order chi connectivity index (χ0) is 19.1. The monoisotopic (exact) mass is 386 g/mol. The number of hydrogen-bond acceptors (Lipinski definition) is 7. The maximum absolute atomic E-state index is 11.1. The average molecular weight is 386 g/mol. The normalized spacial score (nSPS) is 16.9. The Labute approximate surface area is 155 Å². The molecule has 0 saturated carbocycles. The van der Waals surface area contributed by atoms with E-state index in [1.807, 2.05) is 17.2 Å². The largest absolute Gasteiger partial charge is 0.346 e. The molecule has 0 unspecified atom stereocenters. The minimum Gasteiger partial charge on any atom is -0.346 e. The third-order valence-corrected chi connectivity index (χ3v) is 5.58. The van der Waals surface area contributed by atoms with Gasteiger partial charge in [-0.1, -0.05) is 0 Å². The Hall–Kier alpha value is -2.81. The van der Waals surface area contributed by atoms with E-state index in [4.69, 9.17) is 5.14 Å². The molecule has 0 aromatic carbocycles. The predicted octanol–water partition coefficient (Wildman–Crippen LogP) is 0.0345. The molecule has 3 aromatic heterocycles. The Balaban J connectivity index is 1.58. The Morgan fingerprint density at radius 2 is 2.19 bits per heavy atom. The quantitative estimate of drug-likeness (QED) is 0.607. The molecule has 11 heteroatoms. The second-order valence-corrected chi connectivity index (χ2v) is 8.51. The van der Waals surface area contributed by atoms with Crippen molar-refractivity contribution in [3.05, 3.63) is 31.0 Å². The molecule has 3 aromatic rings. The molecule has 0 aliphatic carbocycles. The lowest BCUT2D eigenvalue weighted by atomic mass is 9.87. The topological polar surface area (TPSA) is 147 Å². The molecule has 27 heavy (non-hydrogen) atoms. The molecule has 1 fully saturated rings. The highest BCUT2D eigenvalue weighted by atomic mass is 32.2. The number of rotatable bonds is 6. The fourth-order valence-electron chi connectivity index (χ4n) is 3.49. The Bertz CT molecular complexity index is 1120. The summed E-state index contributed by atoms with van der Waals surface area (Å²) in [5.41, 5.74) is 1.87. The molecular weight excluding hydrogens is 368 g/mol. The molecule has 4 heterocycles. The molecule has 140 valence electrons. The van der Waals surface area contributed by atoms with Gasteiger partial charge in [-0.25, -0.2) is 23.5 Å². The maximum Gasteiger partial charge on any atom is 0.210 e. The van der Waals surface area contributed by atoms with Crippen LogP contribution in [0.15, 0.2) is 31.0 Å². The van der Waals surface area contributed by atoms with E-state index >= 15 is 0 Å². The summed E-state index contributed by atoms with van der Waals surface area (Å²) < 4.78 is 24.1. The van der Waals surface area contributed by atoms with Crippen LogP contribution in [0.5, 0.6) is 0 Å². The summed E-state index contributed by atoms with van der Waals surface area (Å²) in [6.07, 6.45) is 7.18. The van der Waals surface area contributed by atoms with E-state index in [-0.39, 0.29) is 12.2 Å². The van der Waals surface area contributed by atoms with Gasteiger partial charge in [0.1, 0.15) is 17.5 Å². The van der Waals surface area contributed by atoms with Crippen LogP contribution in [-0.4, -0.2) is 63.4 Å². The zero-order valence-electron chi connectivity index (χ0n) is 14.4. The highest BCUT2D eigenvalue weighted by Crippen LogP contribution is 2.34. The summed E-state index contributed by atoms with van der Waals surface area (Å²) >= 11 is 0. The van der Waals surface area contributed by atoms with Crippen LogP contribution in [0.3, 0.4) is 0 Å². The molecule has 1 saturated heterocycles. The third-order valence-electron chi connectivity index (χ3n) is 4.83. The lowest BCUT2D eigenvalue weighted by Crippen LogP contribution is -2.63. The van der Waals surface area contributed by atoms with Crippen molar-refractivity contribution in [2.45, 2.75) is 12.0 Å². The van der Waals surface area contributed by atoms with Crippen molar-refractivity contribution in [1.29, 1.82) is 5.26 Å². The van der Waals surface area contributed by atoms with Crippen LogP contribution in [0.1, 0.15) is 6.42 Å². The lowest BCUT2D eigenvalue weighted by Gasteiger charge is -2.49. The first-order valence-corrected chi connectivity index (χ1v) is 10.1. The van der Waals surface area contributed by atoms with Gasteiger partial charge in [-0.05, 0) is 6.07 Å². The Morgan fingerprint density at radius 1 is 1.37 bits per heavy atom. The first-order chi connectivity index (χ1) is 12.9. The molecule has 1 aliphatic rings. The number of nitrogens with one attached hydrogen (secondary N) is 1. The number of aromatic amines is 1. The molecule has 10 nitrogen and oxygen atoms in total. The van der Waals surface area contributed by atoms with Gasteiger partial charge in [-0.3, -0.25) is 9.58 Å². The van der Waals surface area contributed by atoms with E-state index in [1.165, 1.54) is 6.33 Å². The SMILES string of the molecule is N#CCC1(n2cc(-c3ncnc4[nH]ccc34)cn2)CN(CCS(N)(=O)=O)C1. The lowest BCUT2D eigenvalue weighted by molar-refractivity contribution is 0.0101. The van der Waals surface area contributed by atoms with Crippen molar-refractivity contribution in [3.8, 4) is 17.3 Å². The fourth-order valence-corrected chi connectivity index (χ4v) is 4.01. The molecular formula is C16H18N8O2S. The van der Waals surface area contributed by atoms with Gasteiger partial charge in [0.2, 0.25) is 10.0 Å². The number of nitrogens with two attached hydrogens (primary N) is 1. The van der Waals surface area contributed by atoms with Gasteiger partial charge in [0.15, 0.2) is 0 Å². The van der Waals surface area contributed by atoms with Crippen molar-refractivity contribution in [1.82, 2.24) is 29.6 Å². The van der Waals surface area contributed by atoms with Crippen molar-refractivity contribution in [3.63, 3.8) is 0 Å². The highest BCUT2D eigenvalue weighted by molar-refractivity contribution is 7.89. The van der Waals surface area contributed by atoms with Gasteiger partial charge in [0.05, 0.1) is 30.1 Å². The summed E-state index contributed by atoms with van der Waals surface area (Å²) in [6, 6.07) is 4.12. The number of aromatic nitrogens is 5. The van der Waals surface area contributed by atoms with E-state index in [0.29, 0.717) is 19.6 Å². The van der Waals surface area contributed by atoms with Crippen molar-refractivity contribution < 1.29 is 8.42 Å². The second kappa shape index (κ2) is 6.41. The number of likely N-dealkylation sites (tertiary alicyclic amines) is 1. The highest BCUT2D eigenvalue weighted by Gasteiger charge is 2.45. The number of nitrogens with zero attached hydrogens (tertiary/aromatic N) is 6. The molecule has 0 amide bonds. The third kappa shape index (κ3) is 3.30. The van der Waals surface area contributed by atoms with Gasteiger partial charge < -0.3 is 4.98 Å².